The molecule has 3 aliphatic rings. The number of fused-ring (bicyclic) bond motifs is 1. The van der Waals surface area contributed by atoms with Crippen molar-refractivity contribution in [2.24, 2.45) is 18.2 Å². The average molecular weight is 482 g/mol. The van der Waals surface area contributed by atoms with Crippen molar-refractivity contribution in [2.45, 2.75) is 38.4 Å². The molecule has 2 aromatic rings. The van der Waals surface area contributed by atoms with Crippen LogP contribution in [0.5, 0.6) is 11.5 Å². The summed E-state index contributed by atoms with van der Waals surface area (Å²) < 4.78 is 13.3. The maximum absolute atomic E-state index is 13.0. The molecule has 1 aliphatic carbocycles. The molecule has 3 heterocycles. The highest BCUT2D eigenvalue weighted by molar-refractivity contribution is 5.76. The summed E-state index contributed by atoms with van der Waals surface area (Å²) >= 11 is 0. The number of nitrogens with one attached hydrogen (secondary N) is 1. The second kappa shape index (κ2) is 8.87. The van der Waals surface area contributed by atoms with Gasteiger partial charge in [-0.1, -0.05) is 0 Å². The predicted molar refractivity (Wildman–Crippen MR) is 134 cm³/mol. The molecule has 0 unspecified atom stereocenters. The first-order valence-electron chi connectivity index (χ1n) is 12.2. The van der Waals surface area contributed by atoms with Gasteiger partial charge in [0.1, 0.15) is 11.5 Å². The third kappa shape index (κ3) is 4.06. The number of hydrogen-bond acceptors (Lipinski definition) is 6. The summed E-state index contributed by atoms with van der Waals surface area (Å²) in [5, 5.41) is 2.66. The first kappa shape index (κ1) is 23.7. The van der Waals surface area contributed by atoms with Crippen molar-refractivity contribution in [3.8, 4) is 22.6 Å². The summed E-state index contributed by atoms with van der Waals surface area (Å²) in [6, 6.07) is 4.26. The highest BCUT2D eigenvalue weighted by Gasteiger charge is 2.51. The number of likely N-dealkylation sites (tertiary alicyclic amines) is 1. The minimum absolute atomic E-state index is 0.0738. The summed E-state index contributed by atoms with van der Waals surface area (Å²) in [6.45, 7) is 3.73. The minimum atomic E-state index is -0.174. The van der Waals surface area contributed by atoms with Crippen LogP contribution in [0.25, 0.3) is 11.1 Å². The monoisotopic (exact) mass is 481 g/mol. The predicted octanol–water partition coefficient (Wildman–Crippen LogP) is 1.69. The van der Waals surface area contributed by atoms with Crippen LogP contribution in [0, 0.1) is 5.41 Å². The fourth-order valence-corrected chi connectivity index (χ4v) is 6.22. The zero-order valence-electron chi connectivity index (χ0n) is 21.0. The van der Waals surface area contributed by atoms with Gasteiger partial charge in [-0.2, -0.15) is 0 Å². The number of nitrogens with two attached hydrogens (primary N) is 1. The quantitative estimate of drug-likeness (QED) is 0.674. The lowest BCUT2D eigenvalue weighted by molar-refractivity contribution is -0.0757. The smallest absolute Gasteiger partial charge is 0.317 e. The molecule has 0 atom stereocenters. The van der Waals surface area contributed by atoms with Gasteiger partial charge in [0.05, 0.1) is 26.3 Å². The van der Waals surface area contributed by atoms with Crippen molar-refractivity contribution >= 4 is 6.03 Å². The van der Waals surface area contributed by atoms with E-state index in [0.29, 0.717) is 36.5 Å². The number of methoxy groups -OCH3 is 2. The third-order valence-corrected chi connectivity index (χ3v) is 7.88. The number of hydrogen-bond donors (Lipinski definition) is 2. The van der Waals surface area contributed by atoms with Gasteiger partial charge in [0, 0.05) is 63.6 Å². The first-order chi connectivity index (χ1) is 16.8. The Labute approximate surface area is 205 Å². The van der Waals surface area contributed by atoms with E-state index in [2.05, 4.69) is 10.2 Å². The molecule has 0 bridgehead atoms. The maximum Gasteiger partial charge on any atom is 0.317 e. The molecule has 1 aromatic carbocycles. The molecule has 2 aliphatic heterocycles. The number of ether oxygens (including phenoxy) is 2. The number of rotatable bonds is 5. The Morgan fingerprint density at radius 1 is 1.17 bits per heavy atom. The van der Waals surface area contributed by atoms with Gasteiger partial charge in [0.15, 0.2) is 0 Å². The lowest BCUT2D eigenvalue weighted by Crippen LogP contribution is -2.64. The molecule has 1 saturated carbocycles. The normalized spacial score (nSPS) is 19.1. The van der Waals surface area contributed by atoms with Crippen LogP contribution in [0.4, 0.5) is 4.79 Å². The van der Waals surface area contributed by atoms with Crippen LogP contribution in [0.1, 0.15) is 29.5 Å². The number of nitrogens with zero attached hydrogens (tertiary/aromatic N) is 3. The van der Waals surface area contributed by atoms with Gasteiger partial charge in [-0.25, -0.2) is 4.79 Å². The molecule has 9 heteroatoms. The first-order valence-corrected chi connectivity index (χ1v) is 12.2. The Hall–Kier alpha value is -3.04. The Bertz CT molecular complexity index is 1180. The van der Waals surface area contributed by atoms with Gasteiger partial charge in [0.25, 0.3) is 5.56 Å². The van der Waals surface area contributed by atoms with Crippen molar-refractivity contribution in [2.75, 3.05) is 40.9 Å². The summed E-state index contributed by atoms with van der Waals surface area (Å²) in [5.74, 6) is 1.55. The van der Waals surface area contributed by atoms with Gasteiger partial charge in [-0.05, 0) is 47.9 Å². The number of aryl methyl sites for hydroxylation is 1. The molecule has 0 radical (unpaired) electrons. The Balaban J connectivity index is 1.48. The van der Waals surface area contributed by atoms with Crippen molar-refractivity contribution in [1.82, 2.24) is 19.7 Å². The number of carbonyl (C=O) groups excluding carboxylic acids is 1. The number of urea groups is 1. The molecule has 188 valence electrons. The molecule has 1 saturated heterocycles. The number of amides is 2. The van der Waals surface area contributed by atoms with E-state index in [1.807, 2.05) is 18.3 Å². The minimum Gasteiger partial charge on any atom is -0.496 e. The van der Waals surface area contributed by atoms with E-state index in [1.54, 1.807) is 37.8 Å². The third-order valence-electron chi connectivity index (χ3n) is 7.88. The fourth-order valence-electron chi connectivity index (χ4n) is 6.22. The zero-order chi connectivity index (χ0) is 24.9. The van der Waals surface area contributed by atoms with Crippen molar-refractivity contribution in [3.05, 3.63) is 45.4 Å². The summed E-state index contributed by atoms with van der Waals surface area (Å²) in [6.07, 6.45) is 4.72. The topological polar surface area (TPSA) is 102 Å². The summed E-state index contributed by atoms with van der Waals surface area (Å²) in [7, 11) is 6.72. The van der Waals surface area contributed by atoms with Gasteiger partial charge < -0.3 is 30.0 Å². The number of benzene rings is 1. The second-order valence-corrected chi connectivity index (χ2v) is 10.3. The average Bonchev–Trinajstić information content (AvgIpc) is 2.83. The molecule has 35 heavy (non-hydrogen) atoms. The number of pyridine rings is 1. The molecule has 1 aromatic heterocycles. The molecule has 2 amide bonds. The van der Waals surface area contributed by atoms with Gasteiger partial charge in [0.2, 0.25) is 0 Å². The highest BCUT2D eigenvalue weighted by Crippen LogP contribution is 2.49. The van der Waals surface area contributed by atoms with Crippen LogP contribution in [-0.4, -0.2) is 67.3 Å². The van der Waals surface area contributed by atoms with Gasteiger partial charge in [-0.15, -0.1) is 0 Å². The highest BCUT2D eigenvalue weighted by atomic mass is 16.5. The van der Waals surface area contributed by atoms with E-state index in [0.717, 1.165) is 66.2 Å². The zero-order valence-corrected chi connectivity index (χ0v) is 21.0. The molecule has 3 N–H and O–H groups in total. The van der Waals surface area contributed by atoms with Crippen LogP contribution in [0.15, 0.2) is 23.1 Å². The van der Waals surface area contributed by atoms with Gasteiger partial charge >= 0.3 is 6.03 Å². The molecule has 1 spiro atoms. The van der Waals surface area contributed by atoms with E-state index < -0.39 is 0 Å². The van der Waals surface area contributed by atoms with Crippen LogP contribution in [-0.2, 0) is 26.6 Å². The Kier molecular flexibility index (Phi) is 6.01. The largest absolute Gasteiger partial charge is 0.496 e. The Morgan fingerprint density at radius 3 is 2.40 bits per heavy atom. The summed E-state index contributed by atoms with van der Waals surface area (Å²) in [4.78, 5) is 29.2. The number of aromatic nitrogens is 1. The summed E-state index contributed by atoms with van der Waals surface area (Å²) in [5.41, 5.74) is 10.9. The van der Waals surface area contributed by atoms with Crippen LogP contribution < -0.4 is 26.1 Å². The van der Waals surface area contributed by atoms with E-state index in [1.165, 1.54) is 0 Å². The lowest BCUT2D eigenvalue weighted by atomic mass is 9.61. The molecular formula is C26H35N5O4. The van der Waals surface area contributed by atoms with E-state index >= 15 is 0 Å². The fraction of sp³-hybridized carbons (Fsp3) is 0.538. The van der Waals surface area contributed by atoms with Crippen LogP contribution in [0.3, 0.4) is 0 Å². The lowest BCUT2D eigenvalue weighted by Gasteiger charge is -2.58. The number of carbonyl (C=O) groups is 1. The van der Waals surface area contributed by atoms with Crippen molar-refractivity contribution < 1.29 is 14.3 Å². The van der Waals surface area contributed by atoms with Gasteiger partial charge in [-0.3, -0.25) is 9.69 Å². The maximum atomic E-state index is 13.0. The molecular weight excluding hydrogens is 446 g/mol. The standard InChI is InChI=1S/C26H35N5O4/c1-28-25(33)31-6-5-18-19(11-29(2)24(32)20(18)13-31)16-7-22(34-3)21(23(8-16)35-4)12-30-14-26(15-30)9-17(27)10-26/h7-8,11,17H,5-6,9-10,12-15,27H2,1-4H3,(H,28,33). The molecule has 2 fully saturated rings. The van der Waals surface area contributed by atoms with Crippen LogP contribution >= 0.6 is 0 Å². The van der Waals surface area contributed by atoms with E-state index in [-0.39, 0.29) is 11.6 Å². The molecule has 9 nitrogen and oxygen atoms in total. The van der Waals surface area contributed by atoms with Crippen molar-refractivity contribution in [3.63, 3.8) is 0 Å². The Morgan fingerprint density at radius 2 is 1.83 bits per heavy atom. The van der Waals surface area contributed by atoms with Crippen molar-refractivity contribution in [1.29, 1.82) is 0 Å². The molecule has 5 rings (SSSR count). The second-order valence-electron chi connectivity index (χ2n) is 10.3. The van der Waals surface area contributed by atoms with E-state index in [4.69, 9.17) is 15.2 Å². The SMILES string of the molecule is CNC(=O)N1CCc2c(-c3cc(OC)c(CN4CC5(CC(N)C5)C4)c(OC)c3)cn(C)c(=O)c2C1. The van der Waals surface area contributed by atoms with Crippen LogP contribution in [0.2, 0.25) is 0 Å². The van der Waals surface area contributed by atoms with E-state index in [9.17, 15) is 9.59 Å².